The van der Waals surface area contributed by atoms with Crippen LogP contribution in [0.4, 0.5) is 11.9 Å². The molecule has 0 radical (unpaired) electrons. The van der Waals surface area contributed by atoms with Crippen LogP contribution in [-0.4, -0.2) is 122 Å². The monoisotopic (exact) mass is 598 g/mol. The molecule has 1 saturated heterocycles. The van der Waals surface area contributed by atoms with Gasteiger partial charge in [-0.1, -0.05) is 19.8 Å². The van der Waals surface area contributed by atoms with Crippen LogP contribution in [0, 0.1) is 0 Å². The van der Waals surface area contributed by atoms with Crippen molar-refractivity contribution < 1.29 is 28.4 Å². The van der Waals surface area contributed by atoms with Crippen LogP contribution in [0.2, 0.25) is 0 Å². The van der Waals surface area contributed by atoms with Crippen molar-refractivity contribution in [2.45, 2.75) is 52.4 Å². The number of carbonyl (C=O) groups is 3. The van der Waals surface area contributed by atoms with Crippen molar-refractivity contribution in [2.24, 2.45) is 5.73 Å². The number of unbranched alkanes of at least 4 members (excludes halogenated alkanes) is 2. The molecular formula is C26H47N8O6P. The Hall–Kier alpha value is -2.67. The summed E-state index contributed by atoms with van der Waals surface area (Å²) in [5.41, 5.74) is 5.36. The molecule has 14 nitrogen and oxygen atoms in total. The fraction of sp³-hybridized carbons (Fsp3) is 0.769. The first-order valence-electron chi connectivity index (χ1n) is 14.2. The van der Waals surface area contributed by atoms with Gasteiger partial charge in [-0.2, -0.15) is 15.0 Å². The zero-order valence-corrected chi connectivity index (χ0v) is 26.1. The molecule has 2 N–H and O–H groups in total. The molecule has 0 spiro atoms. The second-order valence-electron chi connectivity index (χ2n) is 10.4. The molecule has 1 unspecified atom stereocenters. The number of hydrogen-bond donors (Lipinski definition) is 1. The maximum atomic E-state index is 13.6. The summed E-state index contributed by atoms with van der Waals surface area (Å²) >= 11 is 0. The van der Waals surface area contributed by atoms with E-state index in [9.17, 15) is 18.9 Å². The lowest BCUT2D eigenvalue weighted by atomic mass is 10.1. The lowest BCUT2D eigenvalue weighted by molar-refractivity contribution is -0.119. The van der Waals surface area contributed by atoms with E-state index in [1.807, 2.05) is 9.57 Å². The quantitative estimate of drug-likeness (QED) is 0.170. The van der Waals surface area contributed by atoms with Crippen LogP contribution in [0.15, 0.2) is 0 Å². The van der Waals surface area contributed by atoms with Crippen LogP contribution >= 0.6 is 7.44 Å². The van der Waals surface area contributed by atoms with E-state index in [2.05, 4.69) is 21.9 Å². The number of primary amides is 1. The zero-order chi connectivity index (χ0) is 30.4. The third-order valence-electron chi connectivity index (χ3n) is 6.62. The van der Waals surface area contributed by atoms with Crippen molar-refractivity contribution in [1.82, 2.24) is 24.3 Å². The number of likely N-dealkylation sites (N-methyl/N-ethyl adjacent to an activating group) is 1. The molecule has 1 aliphatic heterocycles. The maximum Gasteiger partial charge on any atom is 0.323 e. The number of nitrogens with zero attached hydrogens (tertiary/aromatic N) is 7. The van der Waals surface area contributed by atoms with Gasteiger partial charge in [0.2, 0.25) is 25.2 Å². The molecule has 2 heterocycles. The fourth-order valence-electron chi connectivity index (χ4n) is 4.37. The Morgan fingerprint density at radius 2 is 1.63 bits per heavy atom. The Balaban J connectivity index is 1.98. The molecule has 15 heteroatoms. The van der Waals surface area contributed by atoms with Gasteiger partial charge in [-0.15, -0.1) is 0 Å². The van der Waals surface area contributed by atoms with Crippen LogP contribution in [0.1, 0.15) is 52.4 Å². The van der Waals surface area contributed by atoms with Gasteiger partial charge in [0.15, 0.2) is 0 Å². The normalized spacial score (nSPS) is 15.5. The third-order valence-corrected chi connectivity index (χ3v) is 10.0. The second-order valence-corrected chi connectivity index (χ2v) is 13.4. The standard InChI is InChI=1S/C26H47N8O6P/c1-6-7-8-10-22(36)11-9-16-39-17-18-40-26-29-24(32(5)19-23(27)37)28-25(30-26)33-12-14-34(15-13-33)41(38,31(3)4)20-21(2)35/h6-20H2,1-5H3,(H2,27,37). The smallest absolute Gasteiger partial charge is 0.323 e. The zero-order valence-electron chi connectivity index (χ0n) is 25.2. The second kappa shape index (κ2) is 17.3. The highest BCUT2D eigenvalue weighted by Crippen LogP contribution is 2.51. The van der Waals surface area contributed by atoms with Crippen molar-refractivity contribution in [3.8, 4) is 6.01 Å². The van der Waals surface area contributed by atoms with Gasteiger partial charge in [0, 0.05) is 52.7 Å². The van der Waals surface area contributed by atoms with E-state index < -0.39 is 13.4 Å². The van der Waals surface area contributed by atoms with E-state index in [4.69, 9.17) is 15.2 Å². The number of anilines is 2. The Morgan fingerprint density at radius 3 is 2.24 bits per heavy atom. The van der Waals surface area contributed by atoms with Crippen molar-refractivity contribution in [1.29, 1.82) is 0 Å². The molecule has 1 amide bonds. The van der Waals surface area contributed by atoms with Crippen LogP contribution < -0.4 is 20.3 Å². The van der Waals surface area contributed by atoms with E-state index in [1.54, 1.807) is 25.8 Å². The Kier molecular flexibility index (Phi) is 14.6. The number of hydrogen-bond acceptors (Lipinski definition) is 11. The molecule has 0 saturated carbocycles. The van der Waals surface area contributed by atoms with E-state index in [0.717, 1.165) is 19.3 Å². The first-order valence-corrected chi connectivity index (χ1v) is 16.0. The minimum Gasteiger partial charge on any atom is -0.461 e. The predicted molar refractivity (Wildman–Crippen MR) is 158 cm³/mol. The lowest BCUT2D eigenvalue weighted by Crippen LogP contribution is -2.47. The first-order chi connectivity index (χ1) is 19.5. The Morgan fingerprint density at radius 1 is 0.951 bits per heavy atom. The van der Waals surface area contributed by atoms with Crippen LogP contribution in [-0.2, 0) is 23.7 Å². The molecule has 0 aliphatic carbocycles. The number of piperazine rings is 1. The van der Waals surface area contributed by atoms with Gasteiger partial charge in [-0.25, -0.2) is 9.34 Å². The molecule has 0 aromatic carbocycles. The third kappa shape index (κ3) is 11.6. The summed E-state index contributed by atoms with van der Waals surface area (Å²) in [6, 6.07) is 0.0778. The summed E-state index contributed by atoms with van der Waals surface area (Å²) in [5.74, 6) is 0.199. The molecule has 1 atom stereocenters. The van der Waals surface area contributed by atoms with Crippen LogP contribution in [0.25, 0.3) is 0 Å². The van der Waals surface area contributed by atoms with Gasteiger partial charge < -0.3 is 25.0 Å². The van der Waals surface area contributed by atoms with Gasteiger partial charge in [-0.05, 0) is 33.9 Å². The summed E-state index contributed by atoms with van der Waals surface area (Å²) in [6.07, 6.45) is 4.93. The molecule has 1 aromatic heterocycles. The Bertz CT molecular complexity index is 1050. The van der Waals surface area contributed by atoms with Crippen molar-refractivity contribution >= 4 is 36.8 Å². The molecular weight excluding hydrogens is 551 g/mol. The number of carbonyl (C=O) groups excluding carboxylic acids is 3. The number of amides is 1. The summed E-state index contributed by atoms with van der Waals surface area (Å²) in [4.78, 5) is 51.9. The van der Waals surface area contributed by atoms with E-state index in [-0.39, 0.29) is 42.8 Å². The van der Waals surface area contributed by atoms with E-state index in [1.165, 1.54) is 11.8 Å². The number of ketones is 2. The molecule has 232 valence electrons. The van der Waals surface area contributed by atoms with Crippen molar-refractivity contribution in [2.75, 3.05) is 89.6 Å². The largest absolute Gasteiger partial charge is 0.461 e. The minimum absolute atomic E-state index is 0.0108. The van der Waals surface area contributed by atoms with E-state index >= 15 is 0 Å². The topological polar surface area (TPSA) is 164 Å². The molecule has 1 fully saturated rings. The van der Waals surface area contributed by atoms with Gasteiger partial charge >= 0.3 is 6.01 Å². The average Bonchev–Trinajstić information content (AvgIpc) is 2.91. The SMILES string of the molecule is CCCCCC(=O)CCCOCCOc1nc(N(C)CC(N)=O)nc(N2CCN(P(=O)(CC(C)=O)N(C)C)CC2)n1. The number of rotatable bonds is 20. The van der Waals surface area contributed by atoms with Gasteiger partial charge in [-0.3, -0.25) is 18.9 Å². The summed E-state index contributed by atoms with van der Waals surface area (Å²) in [6.45, 7) is 6.27. The lowest BCUT2D eigenvalue weighted by Gasteiger charge is -2.41. The highest BCUT2D eigenvalue weighted by atomic mass is 31.2. The van der Waals surface area contributed by atoms with Gasteiger partial charge in [0.05, 0.1) is 19.3 Å². The predicted octanol–water partition coefficient (Wildman–Crippen LogP) is 1.58. The summed E-state index contributed by atoms with van der Waals surface area (Å²) < 4.78 is 28.5. The Labute approximate surface area is 243 Å². The van der Waals surface area contributed by atoms with E-state index in [0.29, 0.717) is 64.6 Å². The first kappa shape index (κ1) is 34.5. The summed E-state index contributed by atoms with van der Waals surface area (Å²) in [7, 11) is 2.09. The molecule has 1 aliphatic rings. The highest BCUT2D eigenvalue weighted by molar-refractivity contribution is 7.60. The van der Waals surface area contributed by atoms with Gasteiger partial charge in [0.25, 0.3) is 0 Å². The number of nitrogens with two attached hydrogens (primary N) is 1. The summed E-state index contributed by atoms with van der Waals surface area (Å²) in [5, 5.41) is 0. The fourth-order valence-corrected chi connectivity index (χ4v) is 6.74. The number of aromatic nitrogens is 3. The van der Waals surface area contributed by atoms with Crippen molar-refractivity contribution in [3.63, 3.8) is 0 Å². The molecule has 0 bridgehead atoms. The maximum absolute atomic E-state index is 13.6. The number of Topliss-reactive ketones (excluding diaryl/α,β-unsaturated/α-hetero) is 2. The van der Waals surface area contributed by atoms with Crippen molar-refractivity contribution in [3.05, 3.63) is 0 Å². The highest BCUT2D eigenvalue weighted by Gasteiger charge is 2.37. The number of ether oxygens (including phenoxy) is 2. The van der Waals surface area contributed by atoms with Crippen LogP contribution in [0.5, 0.6) is 6.01 Å². The molecule has 1 aromatic rings. The average molecular weight is 599 g/mol. The van der Waals surface area contributed by atoms with Gasteiger partial charge in [0.1, 0.15) is 18.2 Å². The van der Waals surface area contributed by atoms with Crippen LogP contribution in [0.3, 0.4) is 0 Å². The minimum atomic E-state index is -3.01. The molecule has 41 heavy (non-hydrogen) atoms. The molecule has 2 rings (SSSR count).